The van der Waals surface area contributed by atoms with Crippen molar-refractivity contribution in [1.29, 1.82) is 0 Å². The van der Waals surface area contributed by atoms with Gasteiger partial charge in [-0.2, -0.15) is 0 Å². The van der Waals surface area contributed by atoms with E-state index in [0.29, 0.717) is 0 Å². The van der Waals surface area contributed by atoms with Gasteiger partial charge in [0.2, 0.25) is 0 Å². The summed E-state index contributed by atoms with van der Waals surface area (Å²) in [6.45, 7) is 13.1. The van der Waals surface area contributed by atoms with Gasteiger partial charge in [-0.05, 0) is 41.5 Å². The van der Waals surface area contributed by atoms with E-state index in [1.165, 1.54) is 0 Å². The molecule has 0 aliphatic heterocycles. The summed E-state index contributed by atoms with van der Waals surface area (Å²) in [4.78, 5) is 0. The maximum atomic E-state index is 3.46. The van der Waals surface area contributed by atoms with Crippen LogP contribution in [0.1, 0.15) is 41.5 Å². The van der Waals surface area contributed by atoms with Gasteiger partial charge >= 0.3 is 18.9 Å². The van der Waals surface area contributed by atoms with E-state index in [9.17, 15) is 0 Å². The van der Waals surface area contributed by atoms with E-state index in [1.807, 2.05) is 0 Å². The number of hydrogen-bond donors (Lipinski definition) is 1. The van der Waals surface area contributed by atoms with Gasteiger partial charge in [-0.1, -0.05) is 0 Å². The Labute approximate surface area is 77.1 Å². The molecule has 0 atom stereocenters. The van der Waals surface area contributed by atoms with Crippen LogP contribution in [0.2, 0.25) is 0 Å². The van der Waals surface area contributed by atoms with Gasteiger partial charge in [-0.25, -0.2) is 0 Å². The first kappa shape index (κ1) is 13.2. The summed E-state index contributed by atoms with van der Waals surface area (Å²) in [6.07, 6.45) is 0. The Bertz CT molecular complexity index is 74.4. The summed E-state index contributed by atoms with van der Waals surface area (Å²) in [5.41, 5.74) is 0.469. The molecule has 0 fully saturated rings. The molecule has 0 unspecified atom stereocenters. The second-order valence-corrected chi connectivity index (χ2v) is 4.62. The molecule has 1 N–H and O–H groups in total. The van der Waals surface area contributed by atoms with Crippen LogP contribution in [0.15, 0.2) is 0 Å². The first-order valence-corrected chi connectivity index (χ1v) is 3.50. The van der Waals surface area contributed by atoms with E-state index in [0.717, 1.165) is 0 Å². The van der Waals surface area contributed by atoms with Gasteiger partial charge in [-0.15, -0.1) is 0 Å². The molecular weight excluding hydrogens is 117 g/mol. The Kier molecular flexibility index (Phi) is 5.01. The summed E-state index contributed by atoms with van der Waals surface area (Å²) in [5, 5.41) is 3.46. The molecule has 0 heterocycles. The van der Waals surface area contributed by atoms with Crippen molar-refractivity contribution >= 4 is 18.9 Å². The van der Waals surface area contributed by atoms with Crippen LogP contribution in [-0.4, -0.2) is 29.9 Å². The molecule has 0 rings (SSSR count). The minimum absolute atomic E-state index is 0. The van der Waals surface area contributed by atoms with E-state index in [1.54, 1.807) is 0 Å². The molecule has 0 amide bonds. The van der Waals surface area contributed by atoms with E-state index >= 15 is 0 Å². The molecule has 10 heavy (non-hydrogen) atoms. The fourth-order valence-corrected chi connectivity index (χ4v) is 1.12. The predicted molar refractivity (Wildman–Crippen MR) is 49.8 cm³/mol. The Morgan fingerprint density at radius 1 is 0.700 bits per heavy atom. The Hall–Kier alpha value is 0.557. The normalized spacial score (nSPS) is 12.6. The molecule has 0 saturated carbocycles. The quantitative estimate of drug-likeness (QED) is 0.499. The first-order chi connectivity index (χ1) is 3.71. The number of rotatable bonds is 0. The zero-order valence-corrected chi connectivity index (χ0v) is 7.50. The summed E-state index contributed by atoms with van der Waals surface area (Å²) >= 11 is 0. The average molecular weight is 137 g/mol. The van der Waals surface area contributed by atoms with Crippen LogP contribution in [0.25, 0.3) is 0 Å². The van der Waals surface area contributed by atoms with Crippen molar-refractivity contribution in [3.63, 3.8) is 0 Å². The molecule has 0 spiro atoms. The standard InChI is InChI=1S/C8H19N.Li.H/c1-7(2,3)9-8(4,5)6;;/h9H,1-6H3;;. The molecule has 0 aromatic rings. The summed E-state index contributed by atoms with van der Waals surface area (Å²) in [7, 11) is 0. The van der Waals surface area contributed by atoms with Crippen molar-refractivity contribution in [3.8, 4) is 0 Å². The number of hydrogen-bond acceptors (Lipinski definition) is 1. The Morgan fingerprint density at radius 3 is 0.900 bits per heavy atom. The molecule has 2 heteroatoms. The molecule has 58 valence electrons. The van der Waals surface area contributed by atoms with E-state index in [-0.39, 0.29) is 29.9 Å². The van der Waals surface area contributed by atoms with Gasteiger partial charge < -0.3 is 5.32 Å². The predicted octanol–water partition coefficient (Wildman–Crippen LogP) is 1.52. The third-order valence-electron chi connectivity index (χ3n) is 0.750. The fraction of sp³-hybridized carbons (Fsp3) is 1.00. The van der Waals surface area contributed by atoms with Gasteiger partial charge in [0.15, 0.2) is 0 Å². The van der Waals surface area contributed by atoms with Crippen molar-refractivity contribution in [1.82, 2.24) is 5.32 Å². The second kappa shape index (κ2) is 3.81. The van der Waals surface area contributed by atoms with Crippen LogP contribution in [0.5, 0.6) is 0 Å². The number of nitrogens with one attached hydrogen (secondary N) is 1. The summed E-state index contributed by atoms with van der Waals surface area (Å²) < 4.78 is 0. The molecule has 1 nitrogen and oxygen atoms in total. The third-order valence-corrected chi connectivity index (χ3v) is 0.750. The van der Waals surface area contributed by atoms with Crippen LogP contribution in [0.3, 0.4) is 0 Å². The molecular formula is C8H20LiN. The third kappa shape index (κ3) is 11.4. The van der Waals surface area contributed by atoms with Crippen LogP contribution in [0, 0.1) is 0 Å². The van der Waals surface area contributed by atoms with Crippen LogP contribution < -0.4 is 5.32 Å². The average Bonchev–Trinajstić information content (AvgIpc) is 1.14. The van der Waals surface area contributed by atoms with Crippen LogP contribution in [0.4, 0.5) is 0 Å². The van der Waals surface area contributed by atoms with Crippen LogP contribution >= 0.6 is 0 Å². The molecule has 0 radical (unpaired) electrons. The molecule has 0 aromatic carbocycles. The summed E-state index contributed by atoms with van der Waals surface area (Å²) in [6, 6.07) is 0. The van der Waals surface area contributed by atoms with E-state index in [4.69, 9.17) is 0 Å². The zero-order valence-electron chi connectivity index (χ0n) is 7.50. The molecule has 0 aromatic heterocycles. The van der Waals surface area contributed by atoms with Crippen LogP contribution in [-0.2, 0) is 0 Å². The van der Waals surface area contributed by atoms with Gasteiger partial charge in [0.1, 0.15) is 0 Å². The van der Waals surface area contributed by atoms with Crippen molar-refractivity contribution in [3.05, 3.63) is 0 Å². The van der Waals surface area contributed by atoms with E-state index in [2.05, 4.69) is 46.9 Å². The molecule has 0 aliphatic carbocycles. The Morgan fingerprint density at radius 2 is 0.900 bits per heavy atom. The topological polar surface area (TPSA) is 12.0 Å². The molecule has 0 aliphatic rings. The monoisotopic (exact) mass is 137 g/mol. The van der Waals surface area contributed by atoms with Gasteiger partial charge in [0.25, 0.3) is 0 Å². The minimum atomic E-state index is 0. The fourth-order valence-electron chi connectivity index (χ4n) is 1.12. The maximum absolute atomic E-state index is 3.46. The SMILES string of the molecule is CC(C)(C)NC(C)(C)C.[LiH]. The van der Waals surface area contributed by atoms with E-state index < -0.39 is 0 Å². The van der Waals surface area contributed by atoms with Crippen molar-refractivity contribution < 1.29 is 0 Å². The zero-order chi connectivity index (χ0) is 7.71. The first-order valence-electron chi connectivity index (χ1n) is 3.50. The molecule has 0 saturated heterocycles. The van der Waals surface area contributed by atoms with Crippen molar-refractivity contribution in [2.24, 2.45) is 0 Å². The van der Waals surface area contributed by atoms with Crippen molar-refractivity contribution in [2.75, 3.05) is 0 Å². The molecule has 0 bridgehead atoms. The Balaban J connectivity index is 0. The summed E-state index contributed by atoms with van der Waals surface area (Å²) in [5.74, 6) is 0. The van der Waals surface area contributed by atoms with Gasteiger partial charge in [-0.3, -0.25) is 0 Å². The van der Waals surface area contributed by atoms with Gasteiger partial charge in [0.05, 0.1) is 0 Å². The van der Waals surface area contributed by atoms with Crippen molar-refractivity contribution in [2.45, 2.75) is 52.6 Å². The van der Waals surface area contributed by atoms with Gasteiger partial charge in [0, 0.05) is 11.1 Å². The second-order valence-electron chi connectivity index (χ2n) is 4.62.